The van der Waals surface area contributed by atoms with E-state index in [0.29, 0.717) is 6.42 Å². The Morgan fingerprint density at radius 2 is 2.25 bits per heavy atom. The Morgan fingerprint density at radius 1 is 1.50 bits per heavy atom. The SMILES string of the molecule is Cc1cc(C(C)Nc2nc(CCC(=O)O)cs2)c(C)s1. The Labute approximate surface area is 126 Å². The molecule has 2 heterocycles. The predicted octanol–water partition coefficient (Wildman–Crippen LogP) is 4.01. The van der Waals surface area contributed by atoms with Gasteiger partial charge in [0.05, 0.1) is 18.2 Å². The summed E-state index contributed by atoms with van der Waals surface area (Å²) in [5.74, 6) is -0.787. The molecule has 1 unspecified atom stereocenters. The van der Waals surface area contributed by atoms with Gasteiger partial charge in [-0.2, -0.15) is 0 Å². The number of anilines is 1. The van der Waals surface area contributed by atoms with Crippen molar-refractivity contribution in [3.05, 3.63) is 32.5 Å². The Bertz CT molecular complexity index is 604. The highest BCUT2D eigenvalue weighted by Crippen LogP contribution is 2.29. The topological polar surface area (TPSA) is 62.2 Å². The van der Waals surface area contributed by atoms with Gasteiger partial charge in [-0.1, -0.05) is 0 Å². The zero-order valence-corrected chi connectivity index (χ0v) is 13.4. The van der Waals surface area contributed by atoms with Crippen LogP contribution in [0.4, 0.5) is 5.13 Å². The molecule has 2 N–H and O–H groups in total. The van der Waals surface area contributed by atoms with Crippen molar-refractivity contribution >= 4 is 33.8 Å². The van der Waals surface area contributed by atoms with Gasteiger partial charge in [0, 0.05) is 21.6 Å². The van der Waals surface area contributed by atoms with Gasteiger partial charge in [-0.3, -0.25) is 4.79 Å². The van der Waals surface area contributed by atoms with Gasteiger partial charge in [0.2, 0.25) is 0 Å². The van der Waals surface area contributed by atoms with E-state index in [0.717, 1.165) is 10.8 Å². The number of hydrogen-bond donors (Lipinski definition) is 2. The van der Waals surface area contributed by atoms with Crippen LogP contribution in [0.15, 0.2) is 11.4 Å². The number of rotatable bonds is 6. The molecule has 0 radical (unpaired) electrons. The summed E-state index contributed by atoms with van der Waals surface area (Å²) in [6.45, 7) is 6.36. The van der Waals surface area contributed by atoms with Gasteiger partial charge in [0.1, 0.15) is 0 Å². The van der Waals surface area contributed by atoms with Crippen molar-refractivity contribution in [1.82, 2.24) is 4.98 Å². The molecule has 0 amide bonds. The molecule has 0 bridgehead atoms. The van der Waals surface area contributed by atoms with E-state index in [9.17, 15) is 4.79 Å². The first kappa shape index (κ1) is 15.0. The molecule has 6 heteroatoms. The molecule has 0 saturated carbocycles. The first-order valence-corrected chi connectivity index (χ1v) is 8.15. The van der Waals surface area contributed by atoms with Crippen LogP contribution >= 0.6 is 22.7 Å². The molecule has 0 aliphatic carbocycles. The Morgan fingerprint density at radius 3 is 2.85 bits per heavy atom. The molecule has 0 aromatic carbocycles. The molecule has 20 heavy (non-hydrogen) atoms. The maximum Gasteiger partial charge on any atom is 0.303 e. The van der Waals surface area contributed by atoms with E-state index in [-0.39, 0.29) is 12.5 Å². The first-order chi connectivity index (χ1) is 9.45. The van der Waals surface area contributed by atoms with Crippen molar-refractivity contribution in [2.75, 3.05) is 5.32 Å². The molecule has 0 aliphatic rings. The molecule has 0 spiro atoms. The second-order valence-electron chi connectivity index (χ2n) is 4.77. The van der Waals surface area contributed by atoms with Crippen LogP contribution in [0, 0.1) is 13.8 Å². The van der Waals surface area contributed by atoms with Crippen molar-refractivity contribution in [1.29, 1.82) is 0 Å². The highest BCUT2D eigenvalue weighted by Gasteiger charge is 2.13. The second kappa shape index (κ2) is 6.37. The molecule has 0 fully saturated rings. The third kappa shape index (κ3) is 3.80. The minimum atomic E-state index is -0.787. The van der Waals surface area contributed by atoms with Crippen LogP contribution in [-0.4, -0.2) is 16.1 Å². The van der Waals surface area contributed by atoms with Crippen molar-refractivity contribution < 1.29 is 9.90 Å². The van der Waals surface area contributed by atoms with Gasteiger partial charge in [-0.15, -0.1) is 22.7 Å². The summed E-state index contributed by atoms with van der Waals surface area (Å²) >= 11 is 3.33. The fraction of sp³-hybridized carbons (Fsp3) is 0.429. The number of nitrogens with one attached hydrogen (secondary N) is 1. The Balaban J connectivity index is 1.99. The number of carbonyl (C=O) groups is 1. The quantitative estimate of drug-likeness (QED) is 0.846. The minimum Gasteiger partial charge on any atom is -0.481 e. The first-order valence-electron chi connectivity index (χ1n) is 6.45. The lowest BCUT2D eigenvalue weighted by Gasteiger charge is -2.12. The van der Waals surface area contributed by atoms with E-state index in [2.05, 4.69) is 37.1 Å². The largest absolute Gasteiger partial charge is 0.481 e. The van der Waals surface area contributed by atoms with E-state index in [1.807, 2.05) is 5.38 Å². The van der Waals surface area contributed by atoms with Crippen LogP contribution in [0.1, 0.15) is 40.4 Å². The number of aromatic nitrogens is 1. The average molecular weight is 310 g/mol. The standard InChI is InChI=1S/C14H18N2O2S2/c1-8-6-12(10(3)20-8)9(2)15-14-16-11(7-19-14)4-5-13(17)18/h6-7,9H,4-5H2,1-3H3,(H,15,16)(H,17,18). The summed E-state index contributed by atoms with van der Waals surface area (Å²) in [5, 5.41) is 14.8. The summed E-state index contributed by atoms with van der Waals surface area (Å²) in [4.78, 5) is 17.6. The average Bonchev–Trinajstić information content (AvgIpc) is 2.93. The minimum absolute atomic E-state index is 0.127. The second-order valence-corrected chi connectivity index (χ2v) is 7.09. The lowest BCUT2D eigenvalue weighted by atomic mass is 10.1. The fourth-order valence-corrected chi connectivity index (χ4v) is 3.92. The van der Waals surface area contributed by atoms with Crippen LogP contribution in [0.25, 0.3) is 0 Å². The van der Waals surface area contributed by atoms with Crippen molar-refractivity contribution in [2.45, 2.75) is 39.7 Å². The molecule has 4 nitrogen and oxygen atoms in total. The number of nitrogens with zero attached hydrogens (tertiary/aromatic N) is 1. The molecule has 1 atom stereocenters. The lowest BCUT2D eigenvalue weighted by molar-refractivity contribution is -0.136. The van der Waals surface area contributed by atoms with E-state index in [1.165, 1.54) is 26.7 Å². The van der Waals surface area contributed by atoms with Gasteiger partial charge < -0.3 is 10.4 Å². The Hall–Kier alpha value is -1.40. The third-order valence-electron chi connectivity index (χ3n) is 3.03. The van der Waals surface area contributed by atoms with E-state index in [1.54, 1.807) is 11.3 Å². The van der Waals surface area contributed by atoms with Gasteiger partial charge in [-0.05, 0) is 32.4 Å². The van der Waals surface area contributed by atoms with Crippen molar-refractivity contribution in [2.24, 2.45) is 0 Å². The van der Waals surface area contributed by atoms with E-state index < -0.39 is 5.97 Å². The van der Waals surface area contributed by atoms with E-state index >= 15 is 0 Å². The van der Waals surface area contributed by atoms with Crippen LogP contribution in [-0.2, 0) is 11.2 Å². The predicted molar refractivity (Wildman–Crippen MR) is 83.9 cm³/mol. The number of aryl methyl sites for hydroxylation is 3. The lowest BCUT2D eigenvalue weighted by Crippen LogP contribution is -2.06. The van der Waals surface area contributed by atoms with Gasteiger partial charge in [0.25, 0.3) is 0 Å². The monoisotopic (exact) mass is 310 g/mol. The smallest absolute Gasteiger partial charge is 0.303 e. The molecule has 2 aromatic heterocycles. The van der Waals surface area contributed by atoms with Gasteiger partial charge >= 0.3 is 5.97 Å². The van der Waals surface area contributed by atoms with Gasteiger partial charge in [-0.25, -0.2) is 4.98 Å². The highest BCUT2D eigenvalue weighted by molar-refractivity contribution is 7.13. The zero-order chi connectivity index (χ0) is 14.7. The number of carboxylic acid groups (broad SMARTS) is 1. The normalized spacial score (nSPS) is 12.3. The van der Waals surface area contributed by atoms with E-state index in [4.69, 9.17) is 5.11 Å². The molecule has 0 saturated heterocycles. The summed E-state index contributed by atoms with van der Waals surface area (Å²) in [6.07, 6.45) is 0.611. The highest BCUT2D eigenvalue weighted by atomic mass is 32.1. The van der Waals surface area contributed by atoms with Crippen LogP contribution in [0.5, 0.6) is 0 Å². The van der Waals surface area contributed by atoms with Crippen LogP contribution in [0.3, 0.4) is 0 Å². The Kier molecular flexibility index (Phi) is 4.77. The van der Waals surface area contributed by atoms with Crippen molar-refractivity contribution in [3.8, 4) is 0 Å². The molecule has 2 rings (SSSR count). The number of hydrogen-bond acceptors (Lipinski definition) is 5. The molecule has 108 valence electrons. The maximum atomic E-state index is 10.5. The van der Waals surface area contributed by atoms with Gasteiger partial charge in [0.15, 0.2) is 5.13 Å². The number of thiazole rings is 1. The molecule has 2 aromatic rings. The van der Waals surface area contributed by atoms with Crippen LogP contribution < -0.4 is 5.32 Å². The summed E-state index contributed by atoms with van der Waals surface area (Å²) in [7, 11) is 0. The summed E-state index contributed by atoms with van der Waals surface area (Å²) in [5.41, 5.74) is 2.14. The number of aliphatic carboxylic acids is 1. The number of carboxylic acids is 1. The maximum absolute atomic E-state index is 10.5. The molecule has 0 aliphatic heterocycles. The van der Waals surface area contributed by atoms with Crippen molar-refractivity contribution in [3.63, 3.8) is 0 Å². The summed E-state index contributed by atoms with van der Waals surface area (Å²) < 4.78 is 0. The fourth-order valence-electron chi connectivity index (χ4n) is 2.07. The summed E-state index contributed by atoms with van der Waals surface area (Å²) in [6, 6.07) is 2.41. The number of thiophene rings is 1. The molecular formula is C14H18N2O2S2. The zero-order valence-electron chi connectivity index (χ0n) is 11.8. The van der Waals surface area contributed by atoms with Crippen LogP contribution in [0.2, 0.25) is 0 Å². The third-order valence-corrected chi connectivity index (χ3v) is 4.84. The molecular weight excluding hydrogens is 292 g/mol.